The van der Waals surface area contributed by atoms with Crippen molar-refractivity contribution in [3.63, 3.8) is 0 Å². The third-order valence-corrected chi connectivity index (χ3v) is 4.97. The monoisotopic (exact) mass is 365 g/mol. The normalized spacial score (nSPS) is 20.0. The summed E-state index contributed by atoms with van der Waals surface area (Å²) < 4.78 is 13.7. The van der Waals surface area contributed by atoms with Gasteiger partial charge in [-0.15, -0.1) is 0 Å². The lowest BCUT2D eigenvalue weighted by Crippen LogP contribution is -2.40. The first kappa shape index (κ1) is 19.6. The van der Waals surface area contributed by atoms with E-state index in [4.69, 9.17) is 12.2 Å². The highest BCUT2D eigenvalue weighted by atomic mass is 32.1. The number of hydrogen-bond acceptors (Lipinski definition) is 2. The Kier molecular flexibility index (Phi) is 7.17. The van der Waals surface area contributed by atoms with Gasteiger partial charge in [-0.1, -0.05) is 26.0 Å². The minimum absolute atomic E-state index is 0.0247. The quantitative estimate of drug-likeness (QED) is 0.761. The lowest BCUT2D eigenvalue weighted by Gasteiger charge is -2.19. The number of likely N-dealkylation sites (tertiary alicyclic amines) is 1. The molecule has 0 spiro atoms. The molecule has 1 aromatic carbocycles. The van der Waals surface area contributed by atoms with Gasteiger partial charge in [0.15, 0.2) is 5.11 Å². The maximum atomic E-state index is 13.7. The maximum absolute atomic E-state index is 13.7. The zero-order chi connectivity index (χ0) is 18.4. The van der Waals surface area contributed by atoms with Crippen molar-refractivity contribution in [2.75, 3.05) is 26.2 Å². The number of hydrogen-bond donors (Lipinski definition) is 2. The van der Waals surface area contributed by atoms with Crippen LogP contribution in [-0.2, 0) is 4.79 Å². The van der Waals surface area contributed by atoms with Gasteiger partial charge < -0.3 is 15.5 Å². The molecule has 2 rings (SSSR count). The Morgan fingerprint density at radius 2 is 2.12 bits per heavy atom. The van der Waals surface area contributed by atoms with Crippen LogP contribution in [0.2, 0.25) is 0 Å². The molecule has 0 bridgehead atoms. The number of rotatable bonds is 6. The van der Waals surface area contributed by atoms with Crippen molar-refractivity contribution in [3.8, 4) is 0 Å². The van der Waals surface area contributed by atoms with Crippen LogP contribution in [0.15, 0.2) is 24.3 Å². The topological polar surface area (TPSA) is 44.4 Å². The molecule has 1 aliphatic rings. The van der Waals surface area contributed by atoms with E-state index >= 15 is 0 Å². The average Bonchev–Trinajstić information content (AvgIpc) is 3.00. The summed E-state index contributed by atoms with van der Waals surface area (Å²) >= 11 is 5.41. The summed E-state index contributed by atoms with van der Waals surface area (Å²) in [5.74, 6) is -0.00136. The van der Waals surface area contributed by atoms with Gasteiger partial charge in [-0.3, -0.25) is 4.79 Å². The van der Waals surface area contributed by atoms with Crippen molar-refractivity contribution in [3.05, 3.63) is 35.6 Å². The first-order valence-corrected chi connectivity index (χ1v) is 9.39. The molecule has 0 saturated carbocycles. The molecule has 1 heterocycles. The van der Waals surface area contributed by atoms with Crippen LogP contribution in [0.25, 0.3) is 0 Å². The van der Waals surface area contributed by atoms with E-state index in [2.05, 4.69) is 24.5 Å². The highest BCUT2D eigenvalue weighted by molar-refractivity contribution is 7.80. The number of amides is 1. The molecule has 2 N–H and O–H groups in total. The molecule has 4 nitrogen and oxygen atoms in total. The van der Waals surface area contributed by atoms with E-state index < -0.39 is 0 Å². The lowest BCUT2D eigenvalue weighted by molar-refractivity contribution is -0.124. The van der Waals surface area contributed by atoms with Crippen LogP contribution in [0.3, 0.4) is 0 Å². The van der Waals surface area contributed by atoms with Gasteiger partial charge in [-0.25, -0.2) is 4.39 Å². The molecule has 0 unspecified atom stereocenters. The SMILES string of the molecule is CCNC(=S)N1C[C@H](c2cccc(F)c2)[C@H](C(=O)NCCC(C)C)C1. The van der Waals surface area contributed by atoms with Gasteiger partial charge in [0, 0.05) is 32.1 Å². The first-order valence-electron chi connectivity index (χ1n) is 8.98. The van der Waals surface area contributed by atoms with Crippen LogP contribution < -0.4 is 10.6 Å². The van der Waals surface area contributed by atoms with E-state index in [0.717, 1.165) is 18.5 Å². The average molecular weight is 366 g/mol. The van der Waals surface area contributed by atoms with E-state index in [-0.39, 0.29) is 23.6 Å². The van der Waals surface area contributed by atoms with Crippen molar-refractivity contribution in [1.82, 2.24) is 15.5 Å². The van der Waals surface area contributed by atoms with E-state index in [0.29, 0.717) is 30.7 Å². The summed E-state index contributed by atoms with van der Waals surface area (Å²) in [6.07, 6.45) is 0.947. The fourth-order valence-electron chi connectivity index (χ4n) is 3.19. The molecule has 0 aliphatic carbocycles. The van der Waals surface area contributed by atoms with Crippen molar-refractivity contribution >= 4 is 23.2 Å². The van der Waals surface area contributed by atoms with Crippen molar-refractivity contribution in [1.29, 1.82) is 0 Å². The number of carbonyl (C=O) groups excluding carboxylic acids is 1. The van der Waals surface area contributed by atoms with E-state index in [1.165, 1.54) is 12.1 Å². The molecule has 25 heavy (non-hydrogen) atoms. The van der Waals surface area contributed by atoms with Crippen molar-refractivity contribution in [2.45, 2.75) is 33.1 Å². The Labute approximate surface area is 155 Å². The standard InChI is InChI=1S/C19H28FN3OS/c1-4-21-19(25)23-11-16(14-6-5-7-15(20)10-14)17(12-23)18(24)22-9-8-13(2)3/h5-7,10,13,16-17H,4,8-9,11-12H2,1-3H3,(H,21,25)(H,22,24)/t16-,17-/m1/s1. The fraction of sp³-hybridized carbons (Fsp3) is 0.579. The highest BCUT2D eigenvalue weighted by Crippen LogP contribution is 2.33. The Balaban J connectivity index is 2.14. The summed E-state index contributed by atoms with van der Waals surface area (Å²) in [7, 11) is 0. The van der Waals surface area contributed by atoms with Gasteiger partial charge in [-0.05, 0) is 49.2 Å². The van der Waals surface area contributed by atoms with Gasteiger partial charge in [0.05, 0.1) is 5.92 Å². The van der Waals surface area contributed by atoms with Crippen LogP contribution >= 0.6 is 12.2 Å². The number of thiocarbonyl (C=S) groups is 1. The third kappa shape index (κ3) is 5.39. The Morgan fingerprint density at radius 1 is 1.36 bits per heavy atom. The van der Waals surface area contributed by atoms with Crippen LogP contribution in [0.1, 0.15) is 38.7 Å². The summed E-state index contributed by atoms with van der Waals surface area (Å²) in [4.78, 5) is 14.7. The molecule has 1 aromatic rings. The molecule has 0 radical (unpaired) electrons. The van der Waals surface area contributed by atoms with Gasteiger partial charge in [0.25, 0.3) is 0 Å². The predicted molar refractivity (Wildman–Crippen MR) is 103 cm³/mol. The molecule has 1 fully saturated rings. The molecule has 138 valence electrons. The molecule has 1 amide bonds. The second-order valence-corrected chi connectivity index (χ2v) is 7.37. The number of carbonyl (C=O) groups is 1. The summed E-state index contributed by atoms with van der Waals surface area (Å²) in [6.45, 7) is 8.84. The van der Waals surface area contributed by atoms with Gasteiger partial charge in [0.2, 0.25) is 5.91 Å². The highest BCUT2D eigenvalue weighted by Gasteiger charge is 2.39. The number of nitrogens with one attached hydrogen (secondary N) is 2. The minimum Gasteiger partial charge on any atom is -0.363 e. The second-order valence-electron chi connectivity index (χ2n) is 6.98. The van der Waals surface area contributed by atoms with E-state index in [9.17, 15) is 9.18 Å². The zero-order valence-electron chi connectivity index (χ0n) is 15.2. The minimum atomic E-state index is -0.274. The lowest BCUT2D eigenvalue weighted by atomic mass is 9.88. The summed E-state index contributed by atoms with van der Waals surface area (Å²) in [6, 6.07) is 6.54. The number of benzene rings is 1. The van der Waals surface area contributed by atoms with Crippen molar-refractivity contribution in [2.24, 2.45) is 11.8 Å². The van der Waals surface area contributed by atoms with Gasteiger partial charge in [-0.2, -0.15) is 0 Å². The molecular weight excluding hydrogens is 337 g/mol. The Morgan fingerprint density at radius 3 is 2.76 bits per heavy atom. The number of halogens is 1. The number of nitrogens with zero attached hydrogens (tertiary/aromatic N) is 1. The van der Waals surface area contributed by atoms with Gasteiger partial charge >= 0.3 is 0 Å². The van der Waals surface area contributed by atoms with Crippen molar-refractivity contribution < 1.29 is 9.18 Å². The van der Waals surface area contributed by atoms with Crippen LogP contribution in [-0.4, -0.2) is 42.1 Å². The summed E-state index contributed by atoms with van der Waals surface area (Å²) in [5, 5.41) is 6.83. The Bertz CT molecular complexity index is 608. The van der Waals surface area contributed by atoms with Crippen LogP contribution in [0, 0.1) is 17.7 Å². The van der Waals surface area contributed by atoms with Crippen LogP contribution in [0.5, 0.6) is 0 Å². The third-order valence-electron chi connectivity index (χ3n) is 4.57. The molecule has 1 saturated heterocycles. The summed E-state index contributed by atoms with van der Waals surface area (Å²) in [5.41, 5.74) is 0.853. The predicted octanol–water partition coefficient (Wildman–Crippen LogP) is 2.90. The smallest absolute Gasteiger partial charge is 0.225 e. The Hall–Kier alpha value is -1.69. The van der Waals surface area contributed by atoms with E-state index in [1.807, 2.05) is 17.9 Å². The zero-order valence-corrected chi connectivity index (χ0v) is 16.0. The molecule has 1 aliphatic heterocycles. The fourth-order valence-corrected chi connectivity index (χ4v) is 3.48. The largest absolute Gasteiger partial charge is 0.363 e. The van der Waals surface area contributed by atoms with Crippen LogP contribution in [0.4, 0.5) is 4.39 Å². The van der Waals surface area contributed by atoms with E-state index in [1.54, 1.807) is 6.07 Å². The molecule has 6 heteroatoms. The van der Waals surface area contributed by atoms with Gasteiger partial charge in [0.1, 0.15) is 5.82 Å². The molecule has 0 aromatic heterocycles. The first-order chi connectivity index (χ1) is 11.9. The second kappa shape index (κ2) is 9.13. The maximum Gasteiger partial charge on any atom is 0.225 e. The molecular formula is C19H28FN3OS. The molecule has 2 atom stereocenters.